The van der Waals surface area contributed by atoms with Crippen LogP contribution in [0.2, 0.25) is 0 Å². The molecule has 130 valence electrons. The van der Waals surface area contributed by atoms with Crippen LogP contribution in [0.15, 0.2) is 83.5 Å². The second-order valence-corrected chi connectivity index (χ2v) is 5.79. The predicted molar refractivity (Wildman–Crippen MR) is 100 cm³/mol. The Labute approximate surface area is 155 Å². The monoisotopic (exact) mass is 354 g/mol. The molecule has 27 heavy (non-hydrogen) atoms. The summed E-state index contributed by atoms with van der Waals surface area (Å²) < 4.78 is 11.2. The van der Waals surface area contributed by atoms with Crippen molar-refractivity contribution >= 4 is 0 Å². The minimum Gasteiger partial charge on any atom is -0.504 e. The van der Waals surface area contributed by atoms with E-state index in [1.807, 2.05) is 30.3 Å². The van der Waals surface area contributed by atoms with E-state index >= 15 is 0 Å². The van der Waals surface area contributed by atoms with Gasteiger partial charge in [0.1, 0.15) is 17.7 Å². The van der Waals surface area contributed by atoms with E-state index in [9.17, 15) is 10.4 Å². The van der Waals surface area contributed by atoms with E-state index in [2.05, 4.69) is 11.1 Å². The summed E-state index contributed by atoms with van der Waals surface area (Å²) in [6.45, 7) is 0. The molecule has 0 radical (unpaired) electrons. The van der Waals surface area contributed by atoms with Crippen LogP contribution < -0.4 is 4.74 Å². The van der Waals surface area contributed by atoms with Crippen molar-refractivity contribution in [3.05, 3.63) is 84.6 Å². The molecule has 0 amide bonds. The number of nitrogens with zero attached hydrogens (tertiary/aromatic N) is 2. The average Bonchev–Trinajstić information content (AvgIpc) is 3.20. The van der Waals surface area contributed by atoms with E-state index in [0.717, 1.165) is 11.1 Å². The standard InChI is InChI=1S/C22H14N2O3/c23-13-16-5-1-2-6-18(16)19-14-26-22(24-19)15-9-11-17(12-10-15)27-21-8-4-3-7-20(21)25/h1-12,14,25H. The molecule has 0 saturated heterocycles. The maximum atomic E-state index is 9.79. The number of rotatable bonds is 4. The highest BCUT2D eigenvalue weighted by atomic mass is 16.5. The van der Waals surface area contributed by atoms with E-state index in [0.29, 0.717) is 28.6 Å². The molecular formula is C22H14N2O3. The number of para-hydroxylation sites is 2. The van der Waals surface area contributed by atoms with Crippen LogP contribution in [0, 0.1) is 11.3 Å². The Bertz CT molecular complexity index is 1120. The molecule has 4 rings (SSSR count). The van der Waals surface area contributed by atoms with Crippen molar-refractivity contribution < 1.29 is 14.3 Å². The van der Waals surface area contributed by atoms with Crippen molar-refractivity contribution in [2.24, 2.45) is 0 Å². The number of phenolic OH excluding ortho intramolecular Hbond substituents is 1. The first-order valence-corrected chi connectivity index (χ1v) is 8.26. The van der Waals surface area contributed by atoms with Crippen LogP contribution in [0.1, 0.15) is 5.56 Å². The Kier molecular flexibility index (Phi) is 4.30. The Morgan fingerprint density at radius 3 is 2.44 bits per heavy atom. The molecule has 4 aromatic rings. The van der Waals surface area contributed by atoms with Crippen molar-refractivity contribution in [3.8, 4) is 46.0 Å². The fourth-order valence-electron chi connectivity index (χ4n) is 2.67. The number of ether oxygens (including phenoxy) is 1. The second-order valence-electron chi connectivity index (χ2n) is 5.79. The smallest absolute Gasteiger partial charge is 0.226 e. The topological polar surface area (TPSA) is 79.3 Å². The van der Waals surface area contributed by atoms with E-state index < -0.39 is 0 Å². The Hall–Kier alpha value is -4.04. The summed E-state index contributed by atoms with van der Waals surface area (Å²) in [5.74, 6) is 1.50. The van der Waals surface area contributed by atoms with Gasteiger partial charge in [0.25, 0.3) is 0 Å². The first-order chi connectivity index (χ1) is 13.2. The SMILES string of the molecule is N#Cc1ccccc1-c1coc(-c2ccc(Oc3ccccc3O)cc2)n1. The van der Waals surface area contributed by atoms with Gasteiger partial charge in [0.15, 0.2) is 11.5 Å². The van der Waals surface area contributed by atoms with Crippen molar-refractivity contribution in [1.29, 1.82) is 5.26 Å². The van der Waals surface area contributed by atoms with Gasteiger partial charge in [0.2, 0.25) is 5.89 Å². The number of hydrogen-bond acceptors (Lipinski definition) is 5. The predicted octanol–water partition coefficient (Wildman–Crippen LogP) is 5.38. The first-order valence-electron chi connectivity index (χ1n) is 8.26. The van der Waals surface area contributed by atoms with E-state index in [4.69, 9.17) is 9.15 Å². The summed E-state index contributed by atoms with van der Waals surface area (Å²) in [5.41, 5.74) is 2.66. The number of hydrogen-bond donors (Lipinski definition) is 1. The Morgan fingerprint density at radius 2 is 1.67 bits per heavy atom. The maximum Gasteiger partial charge on any atom is 0.226 e. The van der Waals surface area contributed by atoms with Gasteiger partial charge in [-0.25, -0.2) is 4.98 Å². The summed E-state index contributed by atoms with van der Waals surface area (Å²) in [5, 5.41) is 19.0. The minimum atomic E-state index is 0.0788. The summed E-state index contributed by atoms with van der Waals surface area (Å²) in [6.07, 6.45) is 1.54. The van der Waals surface area contributed by atoms with Gasteiger partial charge in [-0.3, -0.25) is 0 Å². The molecule has 0 atom stereocenters. The molecule has 0 aliphatic rings. The largest absolute Gasteiger partial charge is 0.504 e. The lowest BCUT2D eigenvalue weighted by Crippen LogP contribution is -1.86. The number of benzene rings is 3. The van der Waals surface area contributed by atoms with Crippen LogP contribution in [-0.4, -0.2) is 10.1 Å². The molecule has 1 N–H and O–H groups in total. The fraction of sp³-hybridized carbons (Fsp3) is 0. The highest BCUT2D eigenvalue weighted by Gasteiger charge is 2.12. The van der Waals surface area contributed by atoms with Gasteiger partial charge in [0.05, 0.1) is 11.6 Å². The molecule has 0 aliphatic carbocycles. The number of aromatic nitrogens is 1. The Morgan fingerprint density at radius 1 is 0.926 bits per heavy atom. The minimum absolute atomic E-state index is 0.0788. The van der Waals surface area contributed by atoms with Crippen LogP contribution in [0.3, 0.4) is 0 Å². The van der Waals surface area contributed by atoms with Gasteiger partial charge in [0, 0.05) is 11.1 Å². The zero-order valence-electron chi connectivity index (χ0n) is 14.2. The lowest BCUT2D eigenvalue weighted by atomic mass is 10.1. The maximum absolute atomic E-state index is 9.79. The molecule has 5 nitrogen and oxygen atoms in total. The fourth-order valence-corrected chi connectivity index (χ4v) is 2.67. The van der Waals surface area contributed by atoms with Crippen LogP contribution in [-0.2, 0) is 0 Å². The van der Waals surface area contributed by atoms with Crippen LogP contribution in [0.5, 0.6) is 17.2 Å². The zero-order chi connectivity index (χ0) is 18.6. The van der Waals surface area contributed by atoms with Crippen LogP contribution in [0.25, 0.3) is 22.7 Å². The molecule has 0 fully saturated rings. The van der Waals surface area contributed by atoms with Crippen LogP contribution in [0.4, 0.5) is 0 Å². The lowest BCUT2D eigenvalue weighted by molar-refractivity contribution is 0.411. The molecule has 0 spiro atoms. The van der Waals surface area contributed by atoms with E-state index in [1.165, 1.54) is 6.26 Å². The zero-order valence-corrected chi connectivity index (χ0v) is 14.2. The van der Waals surface area contributed by atoms with E-state index in [1.54, 1.807) is 42.5 Å². The summed E-state index contributed by atoms with van der Waals surface area (Å²) in [4.78, 5) is 4.49. The quantitative estimate of drug-likeness (QED) is 0.532. The van der Waals surface area contributed by atoms with Crippen molar-refractivity contribution in [2.45, 2.75) is 0 Å². The average molecular weight is 354 g/mol. The summed E-state index contributed by atoms with van der Waals surface area (Å²) in [7, 11) is 0. The van der Waals surface area contributed by atoms with Gasteiger partial charge >= 0.3 is 0 Å². The third-order valence-electron chi connectivity index (χ3n) is 4.02. The van der Waals surface area contributed by atoms with Crippen LogP contribution >= 0.6 is 0 Å². The first kappa shape index (κ1) is 16.4. The second kappa shape index (κ2) is 7.06. The lowest BCUT2D eigenvalue weighted by Gasteiger charge is -2.07. The van der Waals surface area contributed by atoms with Gasteiger partial charge in [-0.2, -0.15) is 5.26 Å². The highest BCUT2D eigenvalue weighted by Crippen LogP contribution is 2.32. The molecule has 1 heterocycles. The third-order valence-corrected chi connectivity index (χ3v) is 4.02. The molecule has 1 aromatic heterocycles. The number of aromatic hydroxyl groups is 1. The number of nitriles is 1. The molecule has 5 heteroatoms. The van der Waals surface area contributed by atoms with Gasteiger partial charge in [-0.15, -0.1) is 0 Å². The third kappa shape index (κ3) is 3.37. The molecular weight excluding hydrogens is 340 g/mol. The van der Waals surface area contributed by atoms with E-state index in [-0.39, 0.29) is 5.75 Å². The van der Waals surface area contributed by atoms with Crippen molar-refractivity contribution in [3.63, 3.8) is 0 Å². The summed E-state index contributed by atoms with van der Waals surface area (Å²) >= 11 is 0. The van der Waals surface area contributed by atoms with Crippen molar-refractivity contribution in [1.82, 2.24) is 4.98 Å². The molecule has 3 aromatic carbocycles. The highest BCUT2D eigenvalue weighted by molar-refractivity contribution is 5.68. The Balaban J connectivity index is 1.58. The van der Waals surface area contributed by atoms with Gasteiger partial charge in [-0.1, -0.05) is 30.3 Å². The van der Waals surface area contributed by atoms with Crippen molar-refractivity contribution in [2.75, 3.05) is 0 Å². The van der Waals surface area contributed by atoms with Gasteiger partial charge in [-0.05, 0) is 42.5 Å². The summed E-state index contributed by atoms with van der Waals surface area (Å²) in [6, 6.07) is 23.4. The molecule has 0 unspecified atom stereocenters. The molecule has 0 saturated carbocycles. The number of phenols is 1. The number of oxazole rings is 1. The normalized spacial score (nSPS) is 10.3. The van der Waals surface area contributed by atoms with Gasteiger partial charge < -0.3 is 14.3 Å². The molecule has 0 aliphatic heterocycles. The molecule has 0 bridgehead atoms.